The lowest BCUT2D eigenvalue weighted by Crippen LogP contribution is -2.52. The van der Waals surface area contributed by atoms with Crippen LogP contribution in [-0.2, 0) is 18.9 Å². The third-order valence-electron chi connectivity index (χ3n) is 6.27. The third-order valence-corrected chi connectivity index (χ3v) is 6.27. The van der Waals surface area contributed by atoms with Gasteiger partial charge in [-0.1, -0.05) is 0 Å². The van der Waals surface area contributed by atoms with Gasteiger partial charge in [-0.15, -0.1) is 0 Å². The van der Waals surface area contributed by atoms with Crippen LogP contribution in [0.1, 0.15) is 59.3 Å². The number of hydrogen-bond donors (Lipinski definition) is 0. The van der Waals surface area contributed by atoms with Crippen molar-refractivity contribution in [3.8, 4) is 0 Å². The summed E-state index contributed by atoms with van der Waals surface area (Å²) in [4.78, 5) is 13.4. The van der Waals surface area contributed by atoms with Crippen molar-refractivity contribution in [2.45, 2.75) is 70.5 Å². The smallest absolute Gasteiger partial charge is 0.410 e. The van der Waals surface area contributed by atoms with Gasteiger partial charge in [-0.2, -0.15) is 0 Å². The molecule has 0 heterocycles. The first kappa shape index (κ1) is 21.8. The molecule has 0 aliphatic heterocycles. The molecule has 6 heteroatoms. The molecule has 4 bridgehead atoms. The van der Waals surface area contributed by atoms with Crippen molar-refractivity contribution in [1.82, 2.24) is 4.90 Å². The second kappa shape index (κ2) is 9.31. The maximum atomic E-state index is 11.8. The molecular formula is C22H39NO5. The molecule has 0 aromatic heterocycles. The van der Waals surface area contributed by atoms with Gasteiger partial charge in [-0.25, -0.2) is 4.79 Å². The summed E-state index contributed by atoms with van der Waals surface area (Å²) in [5.74, 6) is 2.75. The molecule has 4 saturated carbocycles. The van der Waals surface area contributed by atoms with E-state index in [1.165, 1.54) is 43.4 Å². The summed E-state index contributed by atoms with van der Waals surface area (Å²) in [7, 11) is 1.72. The molecule has 6 nitrogen and oxygen atoms in total. The van der Waals surface area contributed by atoms with Crippen LogP contribution in [-0.4, -0.2) is 68.8 Å². The van der Waals surface area contributed by atoms with Crippen molar-refractivity contribution in [2.75, 3.05) is 46.6 Å². The van der Waals surface area contributed by atoms with Crippen LogP contribution >= 0.6 is 0 Å². The van der Waals surface area contributed by atoms with Crippen LogP contribution in [0.4, 0.5) is 4.79 Å². The van der Waals surface area contributed by atoms with Gasteiger partial charge in [0, 0.05) is 13.6 Å². The summed E-state index contributed by atoms with van der Waals surface area (Å²) in [6.07, 6.45) is 7.82. The summed E-state index contributed by atoms with van der Waals surface area (Å²) in [5.41, 5.74) is -0.306. The zero-order valence-corrected chi connectivity index (χ0v) is 18.2. The Morgan fingerprint density at radius 3 is 1.93 bits per heavy atom. The minimum absolute atomic E-state index is 0.168. The van der Waals surface area contributed by atoms with Crippen LogP contribution in [0.3, 0.4) is 0 Å². The molecule has 4 fully saturated rings. The van der Waals surface area contributed by atoms with Crippen LogP contribution < -0.4 is 0 Å². The zero-order valence-electron chi connectivity index (χ0n) is 18.2. The fraction of sp³-hybridized carbons (Fsp3) is 0.955. The lowest BCUT2D eigenvalue weighted by Gasteiger charge is -2.56. The Labute approximate surface area is 170 Å². The van der Waals surface area contributed by atoms with Crippen molar-refractivity contribution >= 4 is 6.09 Å². The van der Waals surface area contributed by atoms with Gasteiger partial charge in [-0.05, 0) is 77.0 Å². The third kappa shape index (κ3) is 6.33. The Kier molecular flexibility index (Phi) is 7.26. The van der Waals surface area contributed by atoms with Crippen molar-refractivity contribution in [3.05, 3.63) is 0 Å². The molecule has 0 N–H and O–H groups in total. The molecule has 4 aliphatic carbocycles. The topological polar surface area (TPSA) is 57.2 Å². The molecule has 0 saturated heterocycles. The van der Waals surface area contributed by atoms with Crippen LogP contribution in [0.5, 0.6) is 0 Å². The number of rotatable bonds is 10. The van der Waals surface area contributed by atoms with E-state index in [-0.39, 0.29) is 11.7 Å². The number of nitrogens with zero attached hydrogens (tertiary/aromatic N) is 1. The van der Waals surface area contributed by atoms with E-state index in [4.69, 9.17) is 18.9 Å². The van der Waals surface area contributed by atoms with Gasteiger partial charge < -0.3 is 23.8 Å². The quantitative estimate of drug-likeness (QED) is 0.524. The number of amides is 1. The predicted molar refractivity (Wildman–Crippen MR) is 107 cm³/mol. The van der Waals surface area contributed by atoms with Crippen molar-refractivity contribution in [3.63, 3.8) is 0 Å². The van der Waals surface area contributed by atoms with Crippen LogP contribution in [0.15, 0.2) is 0 Å². The molecule has 0 aromatic carbocycles. The van der Waals surface area contributed by atoms with E-state index in [0.717, 1.165) is 17.8 Å². The molecular weight excluding hydrogens is 358 g/mol. The number of carbonyl (C=O) groups excluding carboxylic acids is 1. The van der Waals surface area contributed by atoms with E-state index in [1.54, 1.807) is 7.05 Å². The van der Waals surface area contributed by atoms with E-state index in [9.17, 15) is 4.79 Å². The summed E-state index contributed by atoms with van der Waals surface area (Å²) < 4.78 is 22.9. The van der Waals surface area contributed by atoms with Gasteiger partial charge >= 0.3 is 6.09 Å². The molecule has 162 valence electrons. The van der Waals surface area contributed by atoms with Gasteiger partial charge in [0.05, 0.1) is 38.6 Å². The maximum Gasteiger partial charge on any atom is 0.410 e. The fourth-order valence-corrected chi connectivity index (χ4v) is 5.48. The minimum Gasteiger partial charge on any atom is -0.444 e. The van der Waals surface area contributed by atoms with E-state index < -0.39 is 5.60 Å². The Bertz CT molecular complexity index is 480. The normalized spacial score (nSPS) is 31.2. The van der Waals surface area contributed by atoms with Gasteiger partial charge in [-0.3, -0.25) is 0 Å². The average molecular weight is 398 g/mol. The highest BCUT2D eigenvalue weighted by molar-refractivity contribution is 5.67. The molecule has 0 atom stereocenters. The lowest BCUT2D eigenvalue weighted by atomic mass is 9.54. The molecule has 0 unspecified atom stereocenters. The number of likely N-dealkylation sites (N-methyl/N-ethyl adjacent to an activating group) is 1. The zero-order chi connectivity index (χ0) is 20.2. The molecule has 0 spiro atoms. The minimum atomic E-state index is -0.474. The first-order chi connectivity index (χ1) is 13.2. The highest BCUT2D eigenvalue weighted by Gasteiger charge is 2.51. The Morgan fingerprint density at radius 1 is 0.893 bits per heavy atom. The SMILES string of the molecule is CN(CCOCCOCCOC12CC3CC(CC(C3)C1)C2)C(=O)OC(C)(C)C. The lowest BCUT2D eigenvalue weighted by molar-refractivity contribution is -0.169. The second-order valence-corrected chi connectivity index (χ2v) is 10.1. The molecule has 1 amide bonds. The van der Waals surface area contributed by atoms with Crippen LogP contribution in [0, 0.1) is 17.8 Å². The molecule has 4 rings (SSSR count). The summed E-state index contributed by atoms with van der Waals surface area (Å²) in [6, 6.07) is 0. The van der Waals surface area contributed by atoms with E-state index in [2.05, 4.69) is 0 Å². The summed E-state index contributed by atoms with van der Waals surface area (Å²) in [6.45, 7) is 8.96. The van der Waals surface area contributed by atoms with Gasteiger partial charge in [0.15, 0.2) is 0 Å². The monoisotopic (exact) mass is 397 g/mol. The van der Waals surface area contributed by atoms with E-state index >= 15 is 0 Å². The highest BCUT2D eigenvalue weighted by atomic mass is 16.6. The van der Waals surface area contributed by atoms with E-state index in [0.29, 0.717) is 39.6 Å². The number of carbonyl (C=O) groups is 1. The van der Waals surface area contributed by atoms with E-state index in [1.807, 2.05) is 20.8 Å². The van der Waals surface area contributed by atoms with Crippen molar-refractivity contribution in [2.24, 2.45) is 17.8 Å². The second-order valence-electron chi connectivity index (χ2n) is 10.1. The summed E-state index contributed by atoms with van der Waals surface area (Å²) in [5, 5.41) is 0. The van der Waals surface area contributed by atoms with Crippen LogP contribution in [0.25, 0.3) is 0 Å². The first-order valence-electron chi connectivity index (χ1n) is 11.0. The van der Waals surface area contributed by atoms with Crippen molar-refractivity contribution in [1.29, 1.82) is 0 Å². The number of ether oxygens (including phenoxy) is 4. The Morgan fingerprint density at radius 2 is 1.39 bits per heavy atom. The van der Waals surface area contributed by atoms with Gasteiger partial charge in [0.25, 0.3) is 0 Å². The molecule has 0 aromatic rings. The van der Waals surface area contributed by atoms with Crippen LogP contribution in [0.2, 0.25) is 0 Å². The summed E-state index contributed by atoms with van der Waals surface area (Å²) >= 11 is 0. The average Bonchev–Trinajstić information content (AvgIpc) is 2.57. The number of hydrogen-bond acceptors (Lipinski definition) is 5. The Balaban J connectivity index is 1.18. The molecule has 28 heavy (non-hydrogen) atoms. The van der Waals surface area contributed by atoms with Crippen molar-refractivity contribution < 1.29 is 23.7 Å². The fourth-order valence-electron chi connectivity index (χ4n) is 5.48. The first-order valence-corrected chi connectivity index (χ1v) is 11.0. The Hall–Kier alpha value is -0.850. The molecule has 0 radical (unpaired) electrons. The standard InChI is InChI=1S/C22H39NO5/c1-21(2,3)28-20(24)23(4)5-6-25-7-8-26-9-10-27-22-14-17-11-18(15-22)13-19(12-17)16-22/h17-19H,5-16H2,1-4H3. The highest BCUT2D eigenvalue weighted by Crippen LogP contribution is 2.57. The largest absolute Gasteiger partial charge is 0.444 e. The molecule has 4 aliphatic rings. The predicted octanol–water partition coefficient (Wildman–Crippen LogP) is 3.87. The van der Waals surface area contributed by atoms with Gasteiger partial charge in [0.2, 0.25) is 0 Å². The van der Waals surface area contributed by atoms with Gasteiger partial charge in [0.1, 0.15) is 5.60 Å². The maximum absolute atomic E-state index is 11.8.